The third kappa shape index (κ3) is 2.60. The van der Waals surface area contributed by atoms with Gasteiger partial charge in [-0.15, -0.1) is 0 Å². The fourth-order valence-corrected chi connectivity index (χ4v) is 2.19. The van der Waals surface area contributed by atoms with Gasteiger partial charge >= 0.3 is 0 Å². The maximum atomic E-state index is 12.6. The van der Waals surface area contributed by atoms with E-state index in [1.807, 2.05) is 0 Å². The predicted molar refractivity (Wildman–Crippen MR) is 64.9 cm³/mol. The van der Waals surface area contributed by atoms with Crippen molar-refractivity contribution in [2.45, 2.75) is 31.7 Å². The average Bonchev–Trinajstić information content (AvgIpc) is 2.20. The number of hydrogen-bond acceptors (Lipinski definition) is 2. The monoisotopic (exact) mass is 320 g/mol. The molecule has 0 unspecified atom stereocenters. The fourth-order valence-electron chi connectivity index (χ4n) is 1.86. The van der Waals surface area contributed by atoms with Crippen LogP contribution in [0.3, 0.4) is 0 Å². The molecule has 1 saturated carbocycles. The van der Waals surface area contributed by atoms with Crippen LogP contribution in [-0.4, -0.2) is 22.9 Å². The molecular formula is C11H11BrF2N2O2. The van der Waals surface area contributed by atoms with Gasteiger partial charge in [0, 0.05) is 24.6 Å². The molecule has 1 heterocycles. The first kappa shape index (κ1) is 13.2. The van der Waals surface area contributed by atoms with Crippen LogP contribution in [0.15, 0.2) is 15.3 Å². The lowest BCUT2D eigenvalue weighted by molar-refractivity contribution is -0.0901. The first-order valence-electron chi connectivity index (χ1n) is 5.36. The van der Waals surface area contributed by atoms with E-state index in [2.05, 4.69) is 26.2 Å². The van der Waals surface area contributed by atoms with Crippen molar-refractivity contribution < 1.29 is 13.6 Å². The second-order valence-corrected chi connectivity index (χ2v) is 5.27. The highest BCUT2D eigenvalue weighted by Gasteiger charge is 2.46. The minimum Gasteiger partial charge on any atom is -0.349 e. The molecule has 1 aliphatic rings. The van der Waals surface area contributed by atoms with Crippen LogP contribution in [-0.2, 0) is 0 Å². The fraction of sp³-hybridized carbons (Fsp3) is 0.455. The average molecular weight is 321 g/mol. The normalized spacial score (nSPS) is 18.2. The van der Waals surface area contributed by atoms with Gasteiger partial charge in [-0.25, -0.2) is 8.78 Å². The van der Waals surface area contributed by atoms with Crippen molar-refractivity contribution in [2.24, 2.45) is 0 Å². The number of carbonyl (C=O) groups is 1. The Bertz CT molecular complexity index is 548. The summed E-state index contributed by atoms with van der Waals surface area (Å²) in [7, 11) is 0. The van der Waals surface area contributed by atoms with Gasteiger partial charge < -0.3 is 10.3 Å². The zero-order valence-electron chi connectivity index (χ0n) is 9.52. The molecule has 1 aromatic rings. The van der Waals surface area contributed by atoms with E-state index < -0.39 is 17.9 Å². The van der Waals surface area contributed by atoms with Crippen LogP contribution in [0.5, 0.6) is 0 Å². The number of H-pyrrole nitrogens is 1. The van der Waals surface area contributed by atoms with Crippen LogP contribution >= 0.6 is 15.9 Å². The highest BCUT2D eigenvalue weighted by Crippen LogP contribution is 2.37. The summed E-state index contributed by atoms with van der Waals surface area (Å²) < 4.78 is 25.5. The number of pyridine rings is 1. The Morgan fingerprint density at radius 3 is 2.72 bits per heavy atom. The summed E-state index contributed by atoms with van der Waals surface area (Å²) in [6.45, 7) is 1.58. The van der Waals surface area contributed by atoms with Crippen molar-refractivity contribution in [1.29, 1.82) is 0 Å². The molecule has 0 atom stereocenters. The predicted octanol–water partition coefficient (Wildman–Crippen LogP) is 1.97. The summed E-state index contributed by atoms with van der Waals surface area (Å²) in [5.41, 5.74) is 0.350. The molecular weight excluding hydrogens is 310 g/mol. The number of aromatic nitrogens is 1. The molecule has 2 rings (SSSR count). The topological polar surface area (TPSA) is 62.0 Å². The van der Waals surface area contributed by atoms with E-state index in [0.717, 1.165) is 0 Å². The van der Waals surface area contributed by atoms with Crippen LogP contribution < -0.4 is 10.9 Å². The molecule has 0 spiro atoms. The second kappa shape index (κ2) is 4.46. The Labute approximate surface area is 110 Å². The molecule has 1 aromatic heterocycles. The number of amides is 1. The van der Waals surface area contributed by atoms with Crippen LogP contribution in [0.2, 0.25) is 0 Å². The summed E-state index contributed by atoms with van der Waals surface area (Å²) in [6.07, 6.45) is -0.662. The number of halogens is 3. The van der Waals surface area contributed by atoms with Gasteiger partial charge in [-0.1, -0.05) is 0 Å². The van der Waals surface area contributed by atoms with Gasteiger partial charge in [-0.05, 0) is 28.9 Å². The largest absolute Gasteiger partial charge is 0.349 e. The summed E-state index contributed by atoms with van der Waals surface area (Å²) >= 11 is 3.02. The third-order valence-corrected chi connectivity index (χ3v) is 3.45. The van der Waals surface area contributed by atoms with Crippen molar-refractivity contribution in [3.8, 4) is 0 Å². The van der Waals surface area contributed by atoms with Crippen LogP contribution in [0.1, 0.15) is 28.9 Å². The quantitative estimate of drug-likeness (QED) is 0.875. The van der Waals surface area contributed by atoms with Crippen LogP contribution in [0.25, 0.3) is 0 Å². The number of alkyl halides is 2. The van der Waals surface area contributed by atoms with Crippen molar-refractivity contribution in [1.82, 2.24) is 10.3 Å². The summed E-state index contributed by atoms with van der Waals surface area (Å²) in [6, 6.07) is 0.887. The molecule has 0 aliphatic heterocycles. The van der Waals surface area contributed by atoms with Crippen molar-refractivity contribution in [3.63, 3.8) is 0 Å². The minimum atomic E-state index is -2.67. The molecule has 7 heteroatoms. The Kier molecular flexibility index (Phi) is 3.27. The van der Waals surface area contributed by atoms with Gasteiger partial charge in [0.15, 0.2) is 0 Å². The van der Waals surface area contributed by atoms with Crippen molar-refractivity contribution in [3.05, 3.63) is 32.2 Å². The molecule has 1 amide bonds. The van der Waals surface area contributed by atoms with E-state index in [1.54, 1.807) is 6.92 Å². The highest BCUT2D eigenvalue weighted by atomic mass is 79.9. The Hall–Kier alpha value is -1.24. The molecule has 4 nitrogen and oxygen atoms in total. The Balaban J connectivity index is 2.10. The number of carbonyl (C=O) groups excluding carboxylic acids is 1. The van der Waals surface area contributed by atoms with Gasteiger partial charge in [0.05, 0.1) is 10.0 Å². The molecule has 98 valence electrons. The van der Waals surface area contributed by atoms with Gasteiger partial charge in [-0.3, -0.25) is 9.59 Å². The number of rotatable bonds is 2. The lowest BCUT2D eigenvalue weighted by Gasteiger charge is -2.35. The van der Waals surface area contributed by atoms with E-state index >= 15 is 0 Å². The SMILES string of the molecule is Cc1[nH]c(=O)c(Br)cc1C(=O)NC1CC(F)(F)C1. The molecule has 0 saturated heterocycles. The summed E-state index contributed by atoms with van der Waals surface area (Å²) in [5, 5.41) is 2.51. The number of nitrogens with one attached hydrogen (secondary N) is 2. The zero-order chi connectivity index (χ0) is 13.5. The number of hydrogen-bond donors (Lipinski definition) is 2. The maximum absolute atomic E-state index is 12.6. The van der Waals surface area contributed by atoms with E-state index in [4.69, 9.17) is 0 Å². The zero-order valence-corrected chi connectivity index (χ0v) is 11.1. The van der Waals surface area contributed by atoms with E-state index in [1.165, 1.54) is 6.07 Å². The molecule has 0 bridgehead atoms. The van der Waals surface area contributed by atoms with Gasteiger partial charge in [0.2, 0.25) is 0 Å². The van der Waals surface area contributed by atoms with Crippen molar-refractivity contribution >= 4 is 21.8 Å². The summed E-state index contributed by atoms with van der Waals surface area (Å²) in [5.74, 6) is -3.12. The third-order valence-electron chi connectivity index (χ3n) is 2.86. The van der Waals surface area contributed by atoms with Gasteiger partial charge in [-0.2, -0.15) is 0 Å². The van der Waals surface area contributed by atoms with Crippen LogP contribution in [0.4, 0.5) is 8.78 Å². The van der Waals surface area contributed by atoms with E-state index in [0.29, 0.717) is 5.69 Å². The molecule has 1 fully saturated rings. The molecule has 0 radical (unpaired) electrons. The molecule has 18 heavy (non-hydrogen) atoms. The highest BCUT2D eigenvalue weighted by molar-refractivity contribution is 9.10. The lowest BCUT2D eigenvalue weighted by atomic mass is 9.88. The first-order valence-corrected chi connectivity index (χ1v) is 6.16. The minimum absolute atomic E-state index is 0.234. The molecule has 1 aliphatic carbocycles. The number of aryl methyl sites for hydroxylation is 1. The Morgan fingerprint density at radius 1 is 1.56 bits per heavy atom. The second-order valence-electron chi connectivity index (χ2n) is 4.42. The number of aromatic amines is 1. The standard InChI is InChI=1S/C11H11BrF2N2O2/c1-5-7(2-8(12)10(18)15-5)9(17)16-6-3-11(13,14)4-6/h2,6H,3-4H2,1H3,(H,15,18)(H,16,17). The first-order chi connectivity index (χ1) is 8.28. The van der Waals surface area contributed by atoms with Crippen molar-refractivity contribution in [2.75, 3.05) is 0 Å². The molecule has 0 aromatic carbocycles. The van der Waals surface area contributed by atoms with E-state index in [9.17, 15) is 18.4 Å². The Morgan fingerprint density at radius 2 is 2.17 bits per heavy atom. The smallest absolute Gasteiger partial charge is 0.262 e. The summed E-state index contributed by atoms with van der Waals surface area (Å²) in [4.78, 5) is 25.6. The van der Waals surface area contributed by atoms with Crippen LogP contribution in [0, 0.1) is 6.92 Å². The van der Waals surface area contributed by atoms with Gasteiger partial charge in [0.1, 0.15) is 0 Å². The van der Waals surface area contributed by atoms with Gasteiger partial charge in [0.25, 0.3) is 17.4 Å². The van der Waals surface area contributed by atoms with E-state index in [-0.39, 0.29) is 28.4 Å². The maximum Gasteiger partial charge on any atom is 0.262 e. The molecule has 2 N–H and O–H groups in total. The lowest BCUT2D eigenvalue weighted by Crippen LogP contribution is -2.50.